The summed E-state index contributed by atoms with van der Waals surface area (Å²) in [5.41, 5.74) is 3.75. The summed E-state index contributed by atoms with van der Waals surface area (Å²) in [6, 6.07) is 14.7. The van der Waals surface area contributed by atoms with Gasteiger partial charge in [0, 0.05) is 4.47 Å². The summed E-state index contributed by atoms with van der Waals surface area (Å²) in [7, 11) is 0. The zero-order chi connectivity index (χ0) is 13.8. The van der Waals surface area contributed by atoms with Gasteiger partial charge < -0.3 is 4.74 Å². The first kappa shape index (κ1) is 14.1. The molecule has 0 aliphatic rings. The maximum absolute atomic E-state index is 5.80. The quantitative estimate of drug-likeness (QED) is 0.712. The summed E-state index contributed by atoms with van der Waals surface area (Å²) in [5.74, 6) is 0.938. The van der Waals surface area contributed by atoms with E-state index in [1.165, 1.54) is 16.7 Å². The summed E-state index contributed by atoms with van der Waals surface area (Å²) >= 11 is 3.50. The number of aryl methyl sites for hydroxylation is 1. The van der Waals surface area contributed by atoms with Gasteiger partial charge in [0.1, 0.15) is 5.75 Å². The SMILES string of the molecule is CC[C@H](C)Oc1ccc(-c2ccc(Br)cc2C)cc1. The van der Waals surface area contributed by atoms with E-state index in [9.17, 15) is 0 Å². The summed E-state index contributed by atoms with van der Waals surface area (Å²) in [5, 5.41) is 0. The molecular formula is C17H19BrO. The van der Waals surface area contributed by atoms with E-state index in [-0.39, 0.29) is 6.10 Å². The lowest BCUT2D eigenvalue weighted by atomic mass is 10.0. The van der Waals surface area contributed by atoms with Crippen LogP contribution in [0.4, 0.5) is 0 Å². The maximum Gasteiger partial charge on any atom is 0.119 e. The van der Waals surface area contributed by atoms with Gasteiger partial charge in [0.25, 0.3) is 0 Å². The highest BCUT2D eigenvalue weighted by molar-refractivity contribution is 9.10. The first-order chi connectivity index (χ1) is 9.10. The van der Waals surface area contributed by atoms with Crippen molar-refractivity contribution in [3.8, 4) is 16.9 Å². The number of ether oxygens (including phenoxy) is 1. The molecule has 1 nitrogen and oxygen atoms in total. The second kappa shape index (κ2) is 6.25. The van der Waals surface area contributed by atoms with Gasteiger partial charge in [0.15, 0.2) is 0 Å². The van der Waals surface area contributed by atoms with Crippen molar-refractivity contribution < 1.29 is 4.74 Å². The van der Waals surface area contributed by atoms with Gasteiger partial charge in [0.2, 0.25) is 0 Å². The van der Waals surface area contributed by atoms with Gasteiger partial charge in [-0.25, -0.2) is 0 Å². The summed E-state index contributed by atoms with van der Waals surface area (Å²) in [4.78, 5) is 0. The van der Waals surface area contributed by atoms with Crippen LogP contribution in [0.15, 0.2) is 46.9 Å². The first-order valence-electron chi connectivity index (χ1n) is 6.63. The van der Waals surface area contributed by atoms with Crippen LogP contribution in [0, 0.1) is 6.92 Å². The fourth-order valence-electron chi connectivity index (χ4n) is 1.98. The number of rotatable bonds is 4. The van der Waals surface area contributed by atoms with Crippen LogP contribution in [0.5, 0.6) is 5.75 Å². The molecule has 100 valence electrons. The van der Waals surface area contributed by atoms with Crippen LogP contribution in [0.3, 0.4) is 0 Å². The van der Waals surface area contributed by atoms with Gasteiger partial charge in [-0.15, -0.1) is 0 Å². The lowest BCUT2D eigenvalue weighted by Crippen LogP contribution is -2.09. The Kier molecular flexibility index (Phi) is 4.65. The molecule has 0 N–H and O–H groups in total. The van der Waals surface area contributed by atoms with Gasteiger partial charge in [0.05, 0.1) is 6.10 Å². The normalized spacial score (nSPS) is 12.2. The lowest BCUT2D eigenvalue weighted by Gasteiger charge is -2.13. The van der Waals surface area contributed by atoms with E-state index < -0.39 is 0 Å². The average molecular weight is 319 g/mol. The Labute approximate surface area is 123 Å². The molecule has 0 aliphatic carbocycles. The average Bonchev–Trinajstić information content (AvgIpc) is 2.40. The van der Waals surface area contributed by atoms with Crippen LogP contribution in [0.1, 0.15) is 25.8 Å². The van der Waals surface area contributed by atoms with E-state index in [0.717, 1.165) is 16.6 Å². The Morgan fingerprint density at radius 1 is 1.11 bits per heavy atom. The van der Waals surface area contributed by atoms with Crippen molar-refractivity contribution in [2.75, 3.05) is 0 Å². The molecule has 2 heteroatoms. The zero-order valence-corrected chi connectivity index (χ0v) is 13.2. The van der Waals surface area contributed by atoms with Crippen molar-refractivity contribution >= 4 is 15.9 Å². The van der Waals surface area contributed by atoms with E-state index in [4.69, 9.17) is 4.74 Å². The largest absolute Gasteiger partial charge is 0.491 e. The molecule has 0 heterocycles. The minimum atomic E-state index is 0.264. The summed E-state index contributed by atoms with van der Waals surface area (Å²) in [6.07, 6.45) is 1.29. The van der Waals surface area contributed by atoms with Crippen molar-refractivity contribution in [2.45, 2.75) is 33.3 Å². The number of hydrogen-bond acceptors (Lipinski definition) is 1. The molecule has 0 aromatic heterocycles. The van der Waals surface area contributed by atoms with Crippen LogP contribution in [-0.4, -0.2) is 6.10 Å². The molecule has 0 fully saturated rings. The molecule has 0 unspecified atom stereocenters. The molecule has 0 aliphatic heterocycles. The van der Waals surface area contributed by atoms with Crippen molar-refractivity contribution in [3.05, 3.63) is 52.5 Å². The van der Waals surface area contributed by atoms with Crippen molar-refractivity contribution in [1.29, 1.82) is 0 Å². The Hall–Kier alpha value is -1.28. The fraction of sp³-hybridized carbons (Fsp3) is 0.294. The summed E-state index contributed by atoms with van der Waals surface area (Å²) < 4.78 is 6.91. The van der Waals surface area contributed by atoms with Gasteiger partial charge in [-0.05, 0) is 61.2 Å². The first-order valence-corrected chi connectivity index (χ1v) is 7.42. The second-order valence-electron chi connectivity index (χ2n) is 4.82. The second-order valence-corrected chi connectivity index (χ2v) is 5.74. The minimum absolute atomic E-state index is 0.264. The molecule has 19 heavy (non-hydrogen) atoms. The molecule has 0 radical (unpaired) electrons. The standard InChI is InChI=1S/C17H19BrO/c1-4-13(3)19-16-8-5-14(6-9-16)17-10-7-15(18)11-12(17)2/h5-11,13H,4H2,1-3H3/t13-/m0/s1. The highest BCUT2D eigenvalue weighted by atomic mass is 79.9. The molecule has 0 saturated heterocycles. The number of benzene rings is 2. The van der Waals surface area contributed by atoms with E-state index in [0.29, 0.717) is 0 Å². The fourth-order valence-corrected chi connectivity index (χ4v) is 2.46. The highest BCUT2D eigenvalue weighted by Gasteiger charge is 2.04. The van der Waals surface area contributed by atoms with Gasteiger partial charge in [-0.1, -0.05) is 41.1 Å². The third-order valence-corrected chi connectivity index (χ3v) is 3.76. The van der Waals surface area contributed by atoms with Crippen molar-refractivity contribution in [1.82, 2.24) is 0 Å². The van der Waals surface area contributed by atoms with Gasteiger partial charge >= 0.3 is 0 Å². The van der Waals surface area contributed by atoms with Crippen LogP contribution >= 0.6 is 15.9 Å². The molecular weight excluding hydrogens is 300 g/mol. The van der Waals surface area contributed by atoms with Gasteiger partial charge in [-0.3, -0.25) is 0 Å². The molecule has 2 rings (SSSR count). The van der Waals surface area contributed by atoms with Crippen molar-refractivity contribution in [3.63, 3.8) is 0 Å². The van der Waals surface area contributed by atoms with E-state index in [1.54, 1.807) is 0 Å². The molecule has 0 amide bonds. The van der Waals surface area contributed by atoms with E-state index in [1.807, 2.05) is 12.1 Å². The Morgan fingerprint density at radius 2 is 1.79 bits per heavy atom. The lowest BCUT2D eigenvalue weighted by molar-refractivity contribution is 0.217. The maximum atomic E-state index is 5.80. The summed E-state index contributed by atoms with van der Waals surface area (Å²) in [6.45, 7) is 6.35. The minimum Gasteiger partial charge on any atom is -0.491 e. The van der Waals surface area contributed by atoms with E-state index >= 15 is 0 Å². The molecule has 2 aromatic rings. The van der Waals surface area contributed by atoms with Crippen LogP contribution in [0.25, 0.3) is 11.1 Å². The zero-order valence-electron chi connectivity index (χ0n) is 11.6. The highest BCUT2D eigenvalue weighted by Crippen LogP contribution is 2.28. The Balaban J connectivity index is 2.22. The topological polar surface area (TPSA) is 9.23 Å². The number of halogens is 1. The van der Waals surface area contributed by atoms with Crippen LogP contribution in [0.2, 0.25) is 0 Å². The Morgan fingerprint density at radius 3 is 2.37 bits per heavy atom. The monoisotopic (exact) mass is 318 g/mol. The molecule has 0 saturated carbocycles. The van der Waals surface area contributed by atoms with Crippen molar-refractivity contribution in [2.24, 2.45) is 0 Å². The Bertz CT molecular complexity index is 546. The predicted molar refractivity (Wildman–Crippen MR) is 84.7 cm³/mol. The molecule has 2 aromatic carbocycles. The third-order valence-electron chi connectivity index (χ3n) is 3.27. The predicted octanol–water partition coefficient (Wildman–Crippen LogP) is 5.60. The molecule has 1 atom stereocenters. The number of hydrogen-bond donors (Lipinski definition) is 0. The smallest absolute Gasteiger partial charge is 0.119 e. The van der Waals surface area contributed by atoms with Crippen LogP contribution < -0.4 is 4.74 Å². The molecule has 0 bridgehead atoms. The van der Waals surface area contributed by atoms with Gasteiger partial charge in [-0.2, -0.15) is 0 Å². The molecule has 0 spiro atoms. The van der Waals surface area contributed by atoms with E-state index in [2.05, 4.69) is 67.0 Å². The third kappa shape index (κ3) is 3.60. The van der Waals surface area contributed by atoms with Crippen LogP contribution in [-0.2, 0) is 0 Å².